The van der Waals surface area contributed by atoms with Crippen molar-refractivity contribution in [3.63, 3.8) is 0 Å². The van der Waals surface area contributed by atoms with Crippen molar-refractivity contribution in [1.29, 1.82) is 0 Å². The highest BCUT2D eigenvalue weighted by atomic mass is 19.4. The first-order valence-electron chi connectivity index (χ1n) is 36.5. The molecule has 4 atom stereocenters. The molecule has 2 rings (SSSR count). The van der Waals surface area contributed by atoms with E-state index in [1.54, 1.807) is 27.7 Å². The highest BCUT2D eigenvalue weighted by Crippen LogP contribution is 2.35. The van der Waals surface area contributed by atoms with E-state index in [2.05, 4.69) is 162 Å². The largest absolute Gasteiger partial charge is 0.411 e. The predicted molar refractivity (Wildman–Crippen MR) is 385 cm³/mol. The van der Waals surface area contributed by atoms with Crippen LogP contribution in [0.5, 0.6) is 0 Å². The molecule has 0 aromatic heterocycles. The minimum Gasteiger partial charge on any atom is -0.351 e. The molecule has 2 aliphatic rings. The summed E-state index contributed by atoms with van der Waals surface area (Å²) in [6.07, 6.45) is 30.4. The SMILES string of the molecule is CC(=CCCC1(C)OCC(C)(C)CO1)CCCC(C)CCCC(C)C.CC(C)=CCCC(C)=CCCC1(C)OCC(C)(C)CO1.CCOC(C)(CCC=C(C)CCC=C(C)C)OCC(F)(F)F.CCOC(C)(CCC=C(C)CCCC(C)CCCC(C)C)OCC(F)(F)F. The van der Waals surface area contributed by atoms with Gasteiger partial charge in [0, 0.05) is 49.7 Å². The first-order valence-corrected chi connectivity index (χ1v) is 36.5. The Kier molecular flexibility index (Phi) is 49.1. The zero-order valence-electron chi connectivity index (χ0n) is 64.9. The Morgan fingerprint density at radius 3 is 0.957 bits per heavy atom. The fourth-order valence-corrected chi connectivity index (χ4v) is 10.7. The van der Waals surface area contributed by atoms with E-state index in [1.807, 2.05) is 13.0 Å². The molecule has 0 spiro atoms. The molecular formula is C80H146F6O8. The van der Waals surface area contributed by atoms with Gasteiger partial charge in [0.1, 0.15) is 13.2 Å². The highest BCUT2D eigenvalue weighted by Gasteiger charge is 2.38. The van der Waals surface area contributed by atoms with Crippen LogP contribution in [-0.2, 0) is 37.9 Å². The van der Waals surface area contributed by atoms with Crippen LogP contribution in [0, 0.1) is 34.5 Å². The van der Waals surface area contributed by atoms with E-state index in [0.717, 1.165) is 108 Å². The van der Waals surface area contributed by atoms with Gasteiger partial charge < -0.3 is 37.9 Å². The molecule has 2 heterocycles. The lowest BCUT2D eigenvalue weighted by Gasteiger charge is -2.41. The van der Waals surface area contributed by atoms with Crippen LogP contribution in [0.3, 0.4) is 0 Å². The first-order chi connectivity index (χ1) is 43.4. The molecular weight excluding hydrogens is 1200 g/mol. The molecule has 556 valence electrons. The Bertz CT molecular complexity index is 2110. The van der Waals surface area contributed by atoms with Crippen LogP contribution in [0.1, 0.15) is 320 Å². The van der Waals surface area contributed by atoms with Crippen LogP contribution in [0.15, 0.2) is 69.9 Å². The molecule has 0 N–H and O–H groups in total. The van der Waals surface area contributed by atoms with Gasteiger partial charge in [-0.1, -0.05) is 190 Å². The molecule has 0 radical (unpaired) electrons. The van der Waals surface area contributed by atoms with Crippen molar-refractivity contribution in [2.45, 2.75) is 356 Å². The van der Waals surface area contributed by atoms with Gasteiger partial charge >= 0.3 is 12.4 Å². The van der Waals surface area contributed by atoms with Gasteiger partial charge in [-0.05, 0) is 198 Å². The van der Waals surface area contributed by atoms with Crippen LogP contribution in [0.4, 0.5) is 26.3 Å². The summed E-state index contributed by atoms with van der Waals surface area (Å²) in [5.74, 6) is 0.0924. The Morgan fingerprint density at radius 2 is 0.681 bits per heavy atom. The smallest absolute Gasteiger partial charge is 0.351 e. The van der Waals surface area contributed by atoms with Crippen molar-refractivity contribution in [3.05, 3.63) is 69.9 Å². The molecule has 8 nitrogen and oxygen atoms in total. The normalized spacial score (nSPS) is 18.7. The van der Waals surface area contributed by atoms with Crippen molar-refractivity contribution in [2.24, 2.45) is 34.5 Å². The summed E-state index contributed by atoms with van der Waals surface area (Å²) >= 11 is 0. The fourth-order valence-electron chi connectivity index (χ4n) is 10.7. The van der Waals surface area contributed by atoms with E-state index < -0.39 is 48.7 Å². The maximum Gasteiger partial charge on any atom is 0.411 e. The monoisotopic (exact) mass is 1350 g/mol. The maximum atomic E-state index is 12.4. The summed E-state index contributed by atoms with van der Waals surface area (Å²) in [6, 6.07) is 0. The van der Waals surface area contributed by atoms with E-state index in [0.29, 0.717) is 38.9 Å². The third-order valence-corrected chi connectivity index (χ3v) is 17.1. The predicted octanol–water partition coefficient (Wildman–Crippen LogP) is 25.9. The van der Waals surface area contributed by atoms with Gasteiger partial charge in [-0.15, -0.1) is 0 Å². The van der Waals surface area contributed by atoms with E-state index in [-0.39, 0.29) is 10.8 Å². The van der Waals surface area contributed by atoms with Crippen molar-refractivity contribution in [2.75, 3.05) is 52.9 Å². The summed E-state index contributed by atoms with van der Waals surface area (Å²) in [6.45, 7) is 51.8. The van der Waals surface area contributed by atoms with Gasteiger partial charge in [-0.3, -0.25) is 0 Å². The maximum absolute atomic E-state index is 12.4. The molecule has 0 aromatic carbocycles. The second-order valence-electron chi connectivity index (χ2n) is 31.3. The third kappa shape index (κ3) is 56.6. The number of allylic oxidation sites excluding steroid dienone is 12. The lowest BCUT2D eigenvalue weighted by molar-refractivity contribution is -0.291. The number of halogens is 6. The van der Waals surface area contributed by atoms with E-state index >= 15 is 0 Å². The average Bonchev–Trinajstić information content (AvgIpc) is 0.850. The number of alkyl halides is 6. The van der Waals surface area contributed by atoms with Crippen LogP contribution in [0.25, 0.3) is 0 Å². The van der Waals surface area contributed by atoms with Crippen molar-refractivity contribution in [1.82, 2.24) is 0 Å². The zero-order valence-corrected chi connectivity index (χ0v) is 64.9. The van der Waals surface area contributed by atoms with Gasteiger partial charge in [-0.25, -0.2) is 0 Å². The number of ether oxygens (including phenoxy) is 8. The molecule has 0 aliphatic carbocycles. The molecule has 94 heavy (non-hydrogen) atoms. The Labute approximate surface area is 574 Å². The van der Waals surface area contributed by atoms with E-state index in [1.165, 1.54) is 104 Å². The molecule has 4 unspecified atom stereocenters. The summed E-state index contributed by atoms with van der Waals surface area (Å²) < 4.78 is 119. The van der Waals surface area contributed by atoms with Crippen LogP contribution >= 0.6 is 0 Å². The van der Waals surface area contributed by atoms with Gasteiger partial charge in [0.2, 0.25) is 0 Å². The lowest BCUT2D eigenvalue weighted by Crippen LogP contribution is -2.45. The molecule has 2 aliphatic heterocycles. The topological polar surface area (TPSA) is 73.8 Å². The second-order valence-corrected chi connectivity index (χ2v) is 31.3. The van der Waals surface area contributed by atoms with E-state index in [4.69, 9.17) is 37.9 Å². The Balaban J connectivity index is 0. The highest BCUT2D eigenvalue weighted by molar-refractivity contribution is 5.04. The Morgan fingerprint density at radius 1 is 0.394 bits per heavy atom. The summed E-state index contributed by atoms with van der Waals surface area (Å²) in [5, 5.41) is 0. The van der Waals surface area contributed by atoms with Crippen molar-refractivity contribution < 1.29 is 64.2 Å². The van der Waals surface area contributed by atoms with Crippen LogP contribution in [-0.4, -0.2) is 88.4 Å². The van der Waals surface area contributed by atoms with Crippen molar-refractivity contribution in [3.8, 4) is 0 Å². The molecule has 2 saturated heterocycles. The Hall–Kier alpha value is -2.30. The van der Waals surface area contributed by atoms with Crippen molar-refractivity contribution >= 4 is 0 Å². The quantitative estimate of drug-likeness (QED) is 0.0340. The lowest BCUT2D eigenvalue weighted by atomic mass is 9.93. The van der Waals surface area contributed by atoms with Crippen LogP contribution < -0.4 is 0 Å². The zero-order chi connectivity index (χ0) is 72.3. The summed E-state index contributed by atoms with van der Waals surface area (Å²) in [5.41, 5.74) is 8.49. The standard InChI is InChI=1S/C23H44O2.C22H41F3O2.C18H32O2.C17H29F3O2/c1-19(2)11-8-12-20(3)13-9-14-21(4)15-10-16-23(7)24-17-22(5,6)18-25-23;1-7-26-21(6,27-17-22(23,24)25)16-10-15-20(5)14-9-13-19(4)12-8-11-18(2)3;1-15(2)9-7-10-16(3)11-8-12-18(6)19-13-17(4,5)14-20-18;1-6-21-16(5,22-13-17(18,19)20)12-8-11-15(4)10-7-9-14(2)3/h15,19-20H,8-14,16-18H2,1-7H3;15,18-19H,7-14,16-17H2,1-6H3;9,11H,7-8,10,12-14H2,1-6H3;9,11H,6-8,10,12-13H2,1-5H3. The number of hydrogen-bond donors (Lipinski definition) is 0. The van der Waals surface area contributed by atoms with Gasteiger partial charge in [0.05, 0.1) is 26.4 Å². The fraction of sp³-hybridized carbons (Fsp3) is 0.850. The number of hydrogen-bond acceptors (Lipinski definition) is 8. The molecule has 0 amide bonds. The third-order valence-electron chi connectivity index (χ3n) is 17.1. The summed E-state index contributed by atoms with van der Waals surface area (Å²) in [7, 11) is 0. The molecule has 0 bridgehead atoms. The second kappa shape index (κ2) is 49.3. The molecule has 0 aromatic rings. The summed E-state index contributed by atoms with van der Waals surface area (Å²) in [4.78, 5) is 0. The minimum atomic E-state index is -4.34. The average molecular weight is 1350 g/mol. The van der Waals surface area contributed by atoms with Gasteiger partial charge in [0.25, 0.3) is 0 Å². The molecule has 2 fully saturated rings. The van der Waals surface area contributed by atoms with Gasteiger partial charge in [-0.2, -0.15) is 26.3 Å². The minimum absolute atomic E-state index is 0.148. The van der Waals surface area contributed by atoms with E-state index in [9.17, 15) is 26.3 Å². The number of rotatable bonds is 42. The molecule has 14 heteroatoms. The first kappa shape index (κ1) is 93.8. The van der Waals surface area contributed by atoms with Gasteiger partial charge in [0.15, 0.2) is 23.1 Å². The van der Waals surface area contributed by atoms with Crippen LogP contribution in [0.2, 0.25) is 0 Å². The molecule has 0 saturated carbocycles.